The highest BCUT2D eigenvalue weighted by atomic mass is 16.6. The van der Waals surface area contributed by atoms with Crippen LogP contribution < -0.4 is 5.32 Å². The van der Waals surface area contributed by atoms with E-state index in [-0.39, 0.29) is 18.2 Å². The Kier molecular flexibility index (Phi) is 5.53. The number of benzene rings is 1. The van der Waals surface area contributed by atoms with Gasteiger partial charge in [-0.3, -0.25) is 4.79 Å². The van der Waals surface area contributed by atoms with Crippen LogP contribution in [0.15, 0.2) is 18.2 Å². The maximum absolute atomic E-state index is 12.2. The summed E-state index contributed by atoms with van der Waals surface area (Å²) >= 11 is 0. The minimum absolute atomic E-state index is 0.0189. The number of aryl methyl sites for hydroxylation is 2. The maximum Gasteiger partial charge on any atom is 0.407 e. The minimum Gasteiger partial charge on any atom is -0.444 e. The van der Waals surface area contributed by atoms with Crippen LogP contribution in [-0.2, 0) is 4.74 Å². The second kappa shape index (κ2) is 6.74. The Morgan fingerprint density at radius 2 is 1.67 bits per heavy atom. The van der Waals surface area contributed by atoms with Crippen LogP contribution in [0.2, 0.25) is 0 Å². The molecular weight excluding hydrogens is 266 g/mol. The van der Waals surface area contributed by atoms with Gasteiger partial charge in [0, 0.05) is 18.0 Å². The summed E-state index contributed by atoms with van der Waals surface area (Å²) in [6.45, 7) is 11.1. The number of ketones is 1. The molecule has 1 aromatic carbocycles. The van der Waals surface area contributed by atoms with Gasteiger partial charge in [-0.25, -0.2) is 4.79 Å². The predicted octanol–water partition coefficient (Wildman–Crippen LogP) is 3.79. The number of alkyl carbamates (subject to hydrolysis) is 1. The van der Waals surface area contributed by atoms with Crippen LogP contribution in [0.5, 0.6) is 0 Å². The fraction of sp³-hybridized carbons (Fsp3) is 0.529. The molecule has 0 spiro atoms. The first kappa shape index (κ1) is 17.2. The number of carbonyl (C=O) groups excluding carboxylic acids is 2. The number of hydrogen-bond acceptors (Lipinski definition) is 3. The number of Topliss-reactive ketones (excluding diaryl/α,β-unsaturated/α-hetero) is 1. The van der Waals surface area contributed by atoms with Crippen LogP contribution in [0.1, 0.15) is 55.6 Å². The quantitative estimate of drug-likeness (QED) is 0.859. The zero-order valence-electron chi connectivity index (χ0n) is 13.7. The van der Waals surface area contributed by atoms with Gasteiger partial charge in [0.25, 0.3) is 0 Å². The summed E-state index contributed by atoms with van der Waals surface area (Å²) in [4.78, 5) is 23.9. The van der Waals surface area contributed by atoms with Gasteiger partial charge in [0.2, 0.25) is 0 Å². The van der Waals surface area contributed by atoms with E-state index in [9.17, 15) is 9.59 Å². The summed E-state index contributed by atoms with van der Waals surface area (Å²) in [7, 11) is 0. The van der Waals surface area contributed by atoms with Gasteiger partial charge in [-0.1, -0.05) is 17.2 Å². The third-order valence-electron chi connectivity index (χ3n) is 2.80. The third kappa shape index (κ3) is 6.43. The lowest BCUT2D eigenvalue weighted by atomic mass is 10.0. The molecule has 1 unspecified atom stereocenters. The number of amides is 1. The highest BCUT2D eigenvalue weighted by molar-refractivity contribution is 5.97. The van der Waals surface area contributed by atoms with Gasteiger partial charge in [0.1, 0.15) is 5.60 Å². The Bertz CT molecular complexity index is 509. The van der Waals surface area contributed by atoms with Crippen molar-refractivity contribution in [3.63, 3.8) is 0 Å². The highest BCUT2D eigenvalue weighted by Gasteiger charge is 2.19. The van der Waals surface area contributed by atoms with Gasteiger partial charge in [0.15, 0.2) is 5.78 Å². The molecule has 0 aliphatic carbocycles. The zero-order valence-corrected chi connectivity index (χ0v) is 13.7. The number of carbonyl (C=O) groups is 2. The van der Waals surface area contributed by atoms with Crippen molar-refractivity contribution in [1.82, 2.24) is 5.32 Å². The molecular formula is C17H25NO3. The predicted molar refractivity (Wildman–Crippen MR) is 83.7 cm³/mol. The largest absolute Gasteiger partial charge is 0.444 e. The summed E-state index contributed by atoms with van der Waals surface area (Å²) in [6, 6.07) is 5.50. The number of hydrogen-bond donors (Lipinski definition) is 1. The monoisotopic (exact) mass is 291 g/mol. The van der Waals surface area contributed by atoms with E-state index in [2.05, 4.69) is 5.32 Å². The molecule has 0 radical (unpaired) electrons. The molecule has 1 aromatic rings. The van der Waals surface area contributed by atoms with Crippen molar-refractivity contribution in [1.29, 1.82) is 0 Å². The Morgan fingerprint density at radius 3 is 2.14 bits per heavy atom. The standard InChI is InChI=1S/C17H25NO3/c1-11-7-12(2)9-14(8-11)15(19)10-13(3)18-16(20)21-17(4,5)6/h7-9,13H,10H2,1-6H3,(H,18,20). The van der Waals surface area contributed by atoms with Crippen molar-refractivity contribution in [3.05, 3.63) is 34.9 Å². The Labute approximate surface area is 126 Å². The summed E-state index contributed by atoms with van der Waals surface area (Å²) in [6.07, 6.45) is -0.245. The van der Waals surface area contributed by atoms with Crippen molar-refractivity contribution in [3.8, 4) is 0 Å². The third-order valence-corrected chi connectivity index (χ3v) is 2.80. The summed E-state index contributed by atoms with van der Waals surface area (Å²) in [5.74, 6) is 0.0189. The van der Waals surface area contributed by atoms with Crippen molar-refractivity contribution < 1.29 is 14.3 Å². The second-order valence-electron chi connectivity index (χ2n) is 6.55. The van der Waals surface area contributed by atoms with E-state index in [0.717, 1.165) is 11.1 Å². The molecule has 0 aliphatic rings. The van der Waals surface area contributed by atoms with Crippen molar-refractivity contribution in [2.24, 2.45) is 0 Å². The molecule has 0 saturated heterocycles. The molecule has 1 N–H and O–H groups in total. The highest BCUT2D eigenvalue weighted by Crippen LogP contribution is 2.12. The molecule has 1 amide bonds. The van der Waals surface area contributed by atoms with Crippen LogP contribution in [0.4, 0.5) is 4.79 Å². The smallest absolute Gasteiger partial charge is 0.407 e. The molecule has 0 bridgehead atoms. The normalized spacial score (nSPS) is 12.7. The van der Waals surface area contributed by atoms with Crippen LogP contribution in [0.25, 0.3) is 0 Å². The van der Waals surface area contributed by atoms with Gasteiger partial charge in [-0.05, 0) is 53.7 Å². The van der Waals surface area contributed by atoms with Crippen molar-refractivity contribution in [2.45, 2.75) is 59.6 Å². The first-order valence-corrected chi connectivity index (χ1v) is 7.18. The van der Waals surface area contributed by atoms with E-state index in [1.165, 1.54) is 0 Å². The number of ether oxygens (including phenoxy) is 1. The molecule has 21 heavy (non-hydrogen) atoms. The SMILES string of the molecule is Cc1cc(C)cc(C(=O)CC(C)NC(=O)OC(C)(C)C)c1. The maximum atomic E-state index is 12.2. The second-order valence-corrected chi connectivity index (χ2v) is 6.55. The zero-order chi connectivity index (χ0) is 16.2. The van der Waals surface area contributed by atoms with Crippen LogP contribution in [0.3, 0.4) is 0 Å². The lowest BCUT2D eigenvalue weighted by molar-refractivity contribution is 0.0506. The molecule has 0 saturated carbocycles. The van der Waals surface area contributed by atoms with E-state index in [1.54, 1.807) is 27.7 Å². The Balaban J connectivity index is 2.60. The van der Waals surface area contributed by atoms with Crippen molar-refractivity contribution in [2.75, 3.05) is 0 Å². The topological polar surface area (TPSA) is 55.4 Å². The Hall–Kier alpha value is -1.84. The molecule has 0 fully saturated rings. The average molecular weight is 291 g/mol. The van der Waals surface area contributed by atoms with Crippen molar-refractivity contribution >= 4 is 11.9 Å². The lowest BCUT2D eigenvalue weighted by Crippen LogP contribution is -2.38. The molecule has 0 heterocycles. The fourth-order valence-electron chi connectivity index (χ4n) is 2.09. The molecule has 0 aliphatic heterocycles. The van der Waals surface area contributed by atoms with Gasteiger partial charge in [-0.2, -0.15) is 0 Å². The molecule has 116 valence electrons. The van der Waals surface area contributed by atoms with E-state index >= 15 is 0 Å². The van der Waals surface area contributed by atoms with E-state index < -0.39 is 11.7 Å². The lowest BCUT2D eigenvalue weighted by Gasteiger charge is -2.21. The van der Waals surface area contributed by atoms with E-state index in [1.807, 2.05) is 32.0 Å². The van der Waals surface area contributed by atoms with E-state index in [0.29, 0.717) is 5.56 Å². The minimum atomic E-state index is -0.540. The molecule has 1 atom stereocenters. The first-order chi connectivity index (χ1) is 9.56. The molecule has 4 heteroatoms. The van der Waals surface area contributed by atoms with Crippen LogP contribution in [0, 0.1) is 13.8 Å². The Morgan fingerprint density at radius 1 is 1.14 bits per heavy atom. The van der Waals surface area contributed by atoms with Gasteiger partial charge in [0.05, 0.1) is 0 Å². The average Bonchev–Trinajstić information content (AvgIpc) is 2.23. The summed E-state index contributed by atoms with van der Waals surface area (Å²) < 4.78 is 5.17. The number of nitrogens with one attached hydrogen (secondary N) is 1. The fourth-order valence-corrected chi connectivity index (χ4v) is 2.09. The van der Waals surface area contributed by atoms with Gasteiger partial charge >= 0.3 is 6.09 Å². The molecule has 4 nitrogen and oxygen atoms in total. The number of rotatable bonds is 4. The van der Waals surface area contributed by atoms with E-state index in [4.69, 9.17) is 4.74 Å². The van der Waals surface area contributed by atoms with Gasteiger partial charge in [-0.15, -0.1) is 0 Å². The van der Waals surface area contributed by atoms with Gasteiger partial charge < -0.3 is 10.1 Å². The molecule has 1 rings (SSSR count). The molecule has 0 aromatic heterocycles. The van der Waals surface area contributed by atoms with Crippen LogP contribution in [-0.4, -0.2) is 23.5 Å². The summed E-state index contributed by atoms with van der Waals surface area (Å²) in [5.41, 5.74) is 2.27. The first-order valence-electron chi connectivity index (χ1n) is 7.18. The summed E-state index contributed by atoms with van der Waals surface area (Å²) in [5, 5.41) is 2.68. The van der Waals surface area contributed by atoms with Crippen LogP contribution >= 0.6 is 0 Å².